The summed E-state index contributed by atoms with van der Waals surface area (Å²) >= 11 is 0. The predicted molar refractivity (Wildman–Crippen MR) is 131 cm³/mol. The molecule has 1 amide bonds. The van der Waals surface area contributed by atoms with Crippen LogP contribution in [-0.2, 0) is 14.3 Å². The molecule has 2 aromatic rings. The van der Waals surface area contributed by atoms with Gasteiger partial charge in [0.1, 0.15) is 11.8 Å². The number of hydrogen-bond acceptors (Lipinski definition) is 6. The maximum Gasteiger partial charge on any atom is 0.323 e. The maximum atomic E-state index is 13.6. The second kappa shape index (κ2) is 10.8. The van der Waals surface area contributed by atoms with Crippen LogP contribution >= 0.6 is 0 Å². The van der Waals surface area contributed by atoms with Crippen molar-refractivity contribution in [3.63, 3.8) is 0 Å². The predicted octanol–water partition coefficient (Wildman–Crippen LogP) is 4.10. The highest BCUT2D eigenvalue weighted by Crippen LogP contribution is 2.34. The number of hydrogen-bond donors (Lipinski definition) is 0. The standard InChI is InChI=1S/C27H33N3O4/c1-4-34-27(32)24-10-5-6-15-29(24)18-26(31)30-25(20-13-11-19(2)12-14-20)17-23(28-30)21-8-7-9-22(16-21)33-3/h7-9,11-14,16,24-25H,4-6,10,15,17-18H2,1-3H3/t24-,25-/m1/s1. The first-order valence-electron chi connectivity index (χ1n) is 12.0. The third kappa shape index (κ3) is 5.30. The number of amides is 1. The Labute approximate surface area is 201 Å². The lowest BCUT2D eigenvalue weighted by atomic mass is 9.97. The Morgan fingerprint density at radius 2 is 1.91 bits per heavy atom. The number of nitrogens with zero attached hydrogens (tertiary/aromatic N) is 3. The normalized spacial score (nSPS) is 20.7. The molecule has 2 aliphatic rings. The highest BCUT2D eigenvalue weighted by molar-refractivity contribution is 6.03. The van der Waals surface area contributed by atoms with Crippen molar-refractivity contribution in [3.8, 4) is 5.75 Å². The average molecular weight is 464 g/mol. The molecule has 2 heterocycles. The van der Waals surface area contributed by atoms with Crippen LogP contribution in [0.1, 0.15) is 55.3 Å². The van der Waals surface area contributed by atoms with Gasteiger partial charge in [-0.25, -0.2) is 5.01 Å². The summed E-state index contributed by atoms with van der Waals surface area (Å²) in [4.78, 5) is 28.0. The van der Waals surface area contributed by atoms with Crippen molar-refractivity contribution in [1.29, 1.82) is 0 Å². The van der Waals surface area contributed by atoms with E-state index in [1.165, 1.54) is 5.56 Å². The average Bonchev–Trinajstić information content (AvgIpc) is 3.31. The molecule has 0 saturated carbocycles. The number of carbonyl (C=O) groups excluding carboxylic acids is 2. The highest BCUT2D eigenvalue weighted by Gasteiger charge is 2.37. The molecule has 2 atom stereocenters. The van der Waals surface area contributed by atoms with E-state index in [1.807, 2.05) is 36.1 Å². The third-order valence-electron chi connectivity index (χ3n) is 6.54. The van der Waals surface area contributed by atoms with Crippen LogP contribution in [-0.4, -0.2) is 60.3 Å². The number of piperidine rings is 1. The lowest BCUT2D eigenvalue weighted by molar-refractivity contribution is -0.152. The highest BCUT2D eigenvalue weighted by atomic mass is 16.5. The Hall–Kier alpha value is -3.19. The second-order valence-corrected chi connectivity index (χ2v) is 8.88. The van der Waals surface area contributed by atoms with Gasteiger partial charge in [-0.15, -0.1) is 0 Å². The Balaban J connectivity index is 1.60. The van der Waals surface area contributed by atoms with Gasteiger partial charge < -0.3 is 9.47 Å². The zero-order valence-corrected chi connectivity index (χ0v) is 20.2. The maximum absolute atomic E-state index is 13.6. The topological polar surface area (TPSA) is 71.4 Å². The molecule has 2 aliphatic heterocycles. The monoisotopic (exact) mass is 463 g/mol. The van der Waals surface area contributed by atoms with Gasteiger partial charge in [-0.1, -0.05) is 48.4 Å². The van der Waals surface area contributed by atoms with E-state index in [2.05, 4.69) is 24.3 Å². The van der Waals surface area contributed by atoms with Crippen LogP contribution in [0.25, 0.3) is 0 Å². The first kappa shape index (κ1) is 24.0. The van der Waals surface area contributed by atoms with E-state index >= 15 is 0 Å². The molecular formula is C27H33N3O4. The van der Waals surface area contributed by atoms with Gasteiger partial charge in [-0.3, -0.25) is 14.5 Å². The molecule has 2 aromatic carbocycles. The van der Waals surface area contributed by atoms with Crippen LogP contribution in [0.4, 0.5) is 0 Å². The summed E-state index contributed by atoms with van der Waals surface area (Å²) in [5.41, 5.74) is 3.99. The number of carbonyl (C=O) groups is 2. The van der Waals surface area contributed by atoms with E-state index in [0.29, 0.717) is 26.0 Å². The fourth-order valence-electron chi connectivity index (χ4n) is 4.70. The van der Waals surface area contributed by atoms with Crippen molar-refractivity contribution in [3.05, 3.63) is 65.2 Å². The lowest BCUT2D eigenvalue weighted by Gasteiger charge is -2.34. The fourth-order valence-corrected chi connectivity index (χ4v) is 4.70. The second-order valence-electron chi connectivity index (χ2n) is 8.88. The van der Waals surface area contributed by atoms with Gasteiger partial charge in [0, 0.05) is 12.0 Å². The lowest BCUT2D eigenvalue weighted by Crippen LogP contribution is -2.49. The van der Waals surface area contributed by atoms with E-state index in [1.54, 1.807) is 19.0 Å². The fraction of sp³-hybridized carbons (Fsp3) is 0.444. The zero-order valence-electron chi connectivity index (χ0n) is 20.2. The smallest absolute Gasteiger partial charge is 0.323 e. The summed E-state index contributed by atoms with van der Waals surface area (Å²) < 4.78 is 10.7. The summed E-state index contributed by atoms with van der Waals surface area (Å²) in [6.45, 7) is 5.03. The first-order valence-corrected chi connectivity index (χ1v) is 12.0. The zero-order chi connectivity index (χ0) is 24.1. The SMILES string of the molecule is CCOC(=O)[C@H]1CCCCN1CC(=O)N1N=C(c2cccc(OC)c2)C[C@@H]1c1ccc(C)cc1. The van der Waals surface area contributed by atoms with Crippen LogP contribution in [0.15, 0.2) is 53.6 Å². The number of methoxy groups -OCH3 is 1. The molecule has 0 aromatic heterocycles. The van der Waals surface area contributed by atoms with Gasteiger partial charge in [0.05, 0.1) is 32.0 Å². The van der Waals surface area contributed by atoms with Crippen LogP contribution < -0.4 is 4.74 Å². The molecule has 0 aliphatic carbocycles. The van der Waals surface area contributed by atoms with Crippen LogP contribution in [0, 0.1) is 6.92 Å². The molecule has 180 valence electrons. The minimum atomic E-state index is -0.375. The molecule has 1 fully saturated rings. The largest absolute Gasteiger partial charge is 0.497 e. The van der Waals surface area contributed by atoms with Crippen LogP contribution in [0.2, 0.25) is 0 Å². The minimum absolute atomic E-state index is 0.111. The molecule has 7 heteroatoms. The van der Waals surface area contributed by atoms with Crippen LogP contribution in [0.5, 0.6) is 5.75 Å². The molecule has 0 spiro atoms. The van der Waals surface area contributed by atoms with E-state index in [9.17, 15) is 9.59 Å². The Bertz CT molecular complexity index is 1050. The summed E-state index contributed by atoms with van der Waals surface area (Å²) in [5, 5.41) is 6.40. The molecule has 0 unspecified atom stereocenters. The number of rotatable bonds is 7. The van der Waals surface area contributed by atoms with Crippen molar-refractivity contribution >= 4 is 17.6 Å². The number of benzene rings is 2. The van der Waals surface area contributed by atoms with Crippen molar-refractivity contribution in [2.45, 2.75) is 51.6 Å². The van der Waals surface area contributed by atoms with Crippen molar-refractivity contribution < 1.29 is 19.1 Å². The van der Waals surface area contributed by atoms with Gasteiger partial charge in [0.2, 0.25) is 0 Å². The number of hydrazone groups is 1. The van der Waals surface area contributed by atoms with Gasteiger partial charge in [-0.2, -0.15) is 5.10 Å². The molecule has 34 heavy (non-hydrogen) atoms. The van der Waals surface area contributed by atoms with E-state index in [4.69, 9.17) is 14.6 Å². The molecule has 7 nitrogen and oxygen atoms in total. The van der Waals surface area contributed by atoms with Crippen LogP contribution in [0.3, 0.4) is 0 Å². The molecular weight excluding hydrogens is 430 g/mol. The summed E-state index contributed by atoms with van der Waals surface area (Å²) in [6.07, 6.45) is 3.25. The van der Waals surface area contributed by atoms with Gasteiger partial charge in [0.15, 0.2) is 0 Å². The Morgan fingerprint density at radius 1 is 1.12 bits per heavy atom. The summed E-state index contributed by atoms with van der Waals surface area (Å²) in [5.74, 6) is 0.397. The third-order valence-corrected chi connectivity index (χ3v) is 6.54. The molecule has 1 saturated heterocycles. The summed E-state index contributed by atoms with van der Waals surface area (Å²) in [6, 6.07) is 15.4. The van der Waals surface area contributed by atoms with Crippen molar-refractivity contribution in [2.75, 3.05) is 26.8 Å². The Morgan fingerprint density at radius 3 is 2.65 bits per heavy atom. The quantitative estimate of drug-likeness (QED) is 0.578. The number of ether oxygens (including phenoxy) is 2. The van der Waals surface area contributed by atoms with E-state index in [0.717, 1.165) is 35.4 Å². The number of aryl methyl sites for hydroxylation is 1. The minimum Gasteiger partial charge on any atom is -0.497 e. The summed E-state index contributed by atoms with van der Waals surface area (Å²) in [7, 11) is 1.64. The van der Waals surface area contributed by atoms with Gasteiger partial charge in [0.25, 0.3) is 5.91 Å². The van der Waals surface area contributed by atoms with Gasteiger partial charge >= 0.3 is 5.97 Å². The molecule has 4 rings (SSSR count). The van der Waals surface area contributed by atoms with E-state index < -0.39 is 0 Å². The van der Waals surface area contributed by atoms with Gasteiger partial charge in [-0.05, 0) is 50.9 Å². The van der Waals surface area contributed by atoms with Crippen molar-refractivity contribution in [2.24, 2.45) is 5.10 Å². The molecule has 0 N–H and O–H groups in total. The first-order chi connectivity index (χ1) is 16.5. The van der Waals surface area contributed by atoms with Crippen molar-refractivity contribution in [1.82, 2.24) is 9.91 Å². The number of esters is 1. The molecule has 0 radical (unpaired) electrons. The number of likely N-dealkylation sites (tertiary alicyclic amines) is 1. The molecule has 0 bridgehead atoms. The van der Waals surface area contributed by atoms with E-state index in [-0.39, 0.29) is 30.5 Å². The Kier molecular flexibility index (Phi) is 7.63.